The summed E-state index contributed by atoms with van der Waals surface area (Å²) in [4.78, 5) is 25.1. The van der Waals surface area contributed by atoms with Gasteiger partial charge in [0.2, 0.25) is 11.8 Å². The smallest absolute Gasteiger partial charge is 0.242 e. The van der Waals surface area contributed by atoms with Crippen LogP contribution in [0.5, 0.6) is 0 Å². The number of unbranched alkanes of at least 4 members (excludes halogenated alkanes) is 4. The van der Waals surface area contributed by atoms with Gasteiger partial charge in [-0.2, -0.15) is 0 Å². The predicted octanol–water partition coefficient (Wildman–Crippen LogP) is 2.84. The molecule has 1 unspecified atom stereocenters. The van der Waals surface area contributed by atoms with Gasteiger partial charge in [0, 0.05) is 13.0 Å². The van der Waals surface area contributed by atoms with Gasteiger partial charge in [-0.3, -0.25) is 14.5 Å². The summed E-state index contributed by atoms with van der Waals surface area (Å²) in [5, 5.41) is -0.108. The van der Waals surface area contributed by atoms with Crippen LogP contribution in [0.2, 0.25) is 0 Å². The van der Waals surface area contributed by atoms with E-state index in [2.05, 4.69) is 6.92 Å². The van der Waals surface area contributed by atoms with E-state index in [4.69, 9.17) is 0 Å². The maximum absolute atomic E-state index is 11.9. The highest BCUT2D eigenvalue weighted by Crippen LogP contribution is 2.25. The molecule has 1 rings (SSSR count). The van der Waals surface area contributed by atoms with Crippen molar-refractivity contribution in [1.82, 2.24) is 4.90 Å². The van der Waals surface area contributed by atoms with Gasteiger partial charge in [-0.05, 0) is 12.2 Å². The molecule has 2 amide bonds. The number of carbonyl (C=O) groups is 2. The van der Waals surface area contributed by atoms with Gasteiger partial charge in [0.05, 0.1) is 5.25 Å². The van der Waals surface area contributed by atoms with Gasteiger partial charge in [0.1, 0.15) is 0 Å². The van der Waals surface area contributed by atoms with Crippen molar-refractivity contribution in [1.29, 1.82) is 0 Å². The van der Waals surface area contributed by atoms with E-state index in [-0.39, 0.29) is 17.1 Å². The largest absolute Gasteiger partial charge is 0.282 e. The Balaban J connectivity index is 2.28. The Morgan fingerprint density at radius 1 is 1.18 bits per heavy atom. The van der Waals surface area contributed by atoms with Gasteiger partial charge >= 0.3 is 0 Å². The van der Waals surface area contributed by atoms with Crippen LogP contribution in [-0.2, 0) is 9.59 Å². The molecule has 0 saturated carbocycles. The summed E-state index contributed by atoms with van der Waals surface area (Å²) in [5.41, 5.74) is 0. The van der Waals surface area contributed by atoms with Crippen LogP contribution in [0.3, 0.4) is 0 Å². The number of hydrogen-bond donors (Lipinski definition) is 0. The van der Waals surface area contributed by atoms with Gasteiger partial charge in [0.15, 0.2) is 0 Å². The molecule has 1 aliphatic rings. The van der Waals surface area contributed by atoms with Crippen LogP contribution in [0.4, 0.5) is 0 Å². The lowest BCUT2D eigenvalue weighted by Gasteiger charge is -2.14. The molecule has 1 heterocycles. The number of rotatable bonds is 8. The summed E-state index contributed by atoms with van der Waals surface area (Å²) in [6, 6.07) is 0. The molecule has 0 aromatic carbocycles. The fourth-order valence-electron chi connectivity index (χ4n) is 2.09. The zero-order valence-corrected chi connectivity index (χ0v) is 11.7. The van der Waals surface area contributed by atoms with Crippen LogP contribution in [0.15, 0.2) is 0 Å². The Kier molecular flexibility index (Phi) is 6.63. The van der Waals surface area contributed by atoms with Crippen LogP contribution in [0.1, 0.15) is 52.4 Å². The summed E-state index contributed by atoms with van der Waals surface area (Å²) in [7, 11) is 0. The number of imide groups is 1. The van der Waals surface area contributed by atoms with Gasteiger partial charge in [-0.1, -0.05) is 39.5 Å². The minimum Gasteiger partial charge on any atom is -0.282 e. The fourth-order valence-corrected chi connectivity index (χ4v) is 3.03. The van der Waals surface area contributed by atoms with Crippen molar-refractivity contribution in [2.45, 2.75) is 57.6 Å². The minimum absolute atomic E-state index is 0.0245. The van der Waals surface area contributed by atoms with Crippen LogP contribution < -0.4 is 0 Å². The van der Waals surface area contributed by atoms with E-state index in [9.17, 15) is 9.59 Å². The van der Waals surface area contributed by atoms with Gasteiger partial charge in [-0.25, -0.2) is 0 Å². The second-order valence-corrected chi connectivity index (χ2v) is 5.93. The molecular weight excluding hydrogens is 234 g/mol. The molecule has 0 bridgehead atoms. The van der Waals surface area contributed by atoms with Crippen LogP contribution >= 0.6 is 11.8 Å². The lowest BCUT2D eigenvalue weighted by atomic mass is 10.1. The first kappa shape index (κ1) is 14.6. The minimum atomic E-state index is -0.108. The Morgan fingerprint density at radius 2 is 1.88 bits per heavy atom. The third kappa shape index (κ3) is 4.34. The SMILES string of the molecule is CCCCCCCN1C(=O)CC(SCC)C1=O. The Labute approximate surface area is 108 Å². The molecule has 3 nitrogen and oxygen atoms in total. The first-order chi connectivity index (χ1) is 8.20. The second kappa shape index (κ2) is 7.75. The average Bonchev–Trinajstić information content (AvgIpc) is 2.56. The first-order valence-electron chi connectivity index (χ1n) is 6.66. The van der Waals surface area contributed by atoms with Crippen LogP contribution in [-0.4, -0.2) is 34.3 Å². The first-order valence-corrected chi connectivity index (χ1v) is 7.71. The molecule has 4 heteroatoms. The average molecular weight is 257 g/mol. The monoisotopic (exact) mass is 257 g/mol. The Hall–Kier alpha value is -0.510. The molecule has 1 fully saturated rings. The van der Waals surface area contributed by atoms with E-state index in [1.54, 1.807) is 11.8 Å². The van der Waals surface area contributed by atoms with Crippen LogP contribution in [0, 0.1) is 0 Å². The van der Waals surface area contributed by atoms with E-state index >= 15 is 0 Å². The molecule has 0 aliphatic carbocycles. The Bertz CT molecular complexity index is 268. The number of nitrogens with zero attached hydrogens (tertiary/aromatic N) is 1. The third-order valence-electron chi connectivity index (χ3n) is 3.06. The molecule has 0 radical (unpaired) electrons. The van der Waals surface area contributed by atoms with Gasteiger partial charge < -0.3 is 0 Å². The van der Waals surface area contributed by atoms with Crippen molar-refractivity contribution in [2.24, 2.45) is 0 Å². The molecule has 1 saturated heterocycles. The topological polar surface area (TPSA) is 37.4 Å². The highest BCUT2D eigenvalue weighted by Gasteiger charge is 2.37. The van der Waals surface area contributed by atoms with E-state index in [1.165, 1.54) is 24.2 Å². The van der Waals surface area contributed by atoms with E-state index < -0.39 is 0 Å². The van der Waals surface area contributed by atoms with Crippen molar-refractivity contribution in [3.8, 4) is 0 Å². The number of likely N-dealkylation sites (tertiary alicyclic amines) is 1. The molecule has 1 atom stereocenters. The summed E-state index contributed by atoms with van der Waals surface area (Å²) in [6.07, 6.45) is 6.16. The van der Waals surface area contributed by atoms with E-state index in [1.807, 2.05) is 6.92 Å². The highest BCUT2D eigenvalue weighted by atomic mass is 32.2. The maximum Gasteiger partial charge on any atom is 0.242 e. The lowest BCUT2D eigenvalue weighted by molar-refractivity contribution is -0.138. The standard InChI is InChI=1S/C13H23NO2S/c1-3-5-6-7-8-9-14-12(15)10-11(13(14)16)17-4-2/h11H,3-10H2,1-2H3. The van der Waals surface area contributed by atoms with Crippen LogP contribution in [0.25, 0.3) is 0 Å². The van der Waals surface area contributed by atoms with Gasteiger partial charge in [-0.15, -0.1) is 11.8 Å². The molecule has 1 aliphatic heterocycles. The fraction of sp³-hybridized carbons (Fsp3) is 0.846. The van der Waals surface area contributed by atoms with Crippen molar-refractivity contribution < 1.29 is 9.59 Å². The van der Waals surface area contributed by atoms with E-state index in [0.29, 0.717) is 13.0 Å². The number of amides is 2. The maximum atomic E-state index is 11.9. The molecule has 98 valence electrons. The molecule has 0 spiro atoms. The number of thioether (sulfide) groups is 1. The molecule has 0 aromatic rings. The zero-order chi connectivity index (χ0) is 12.7. The predicted molar refractivity (Wildman–Crippen MR) is 72.0 cm³/mol. The molecule has 0 aromatic heterocycles. The number of hydrogen-bond acceptors (Lipinski definition) is 3. The Morgan fingerprint density at radius 3 is 2.53 bits per heavy atom. The normalized spacial score (nSPS) is 20.4. The summed E-state index contributed by atoms with van der Waals surface area (Å²) in [5.74, 6) is 0.961. The summed E-state index contributed by atoms with van der Waals surface area (Å²) >= 11 is 1.59. The molecular formula is C13H23NO2S. The second-order valence-electron chi connectivity index (χ2n) is 4.45. The zero-order valence-electron chi connectivity index (χ0n) is 10.9. The lowest BCUT2D eigenvalue weighted by Crippen LogP contribution is -2.32. The third-order valence-corrected chi connectivity index (χ3v) is 4.16. The van der Waals surface area contributed by atoms with Gasteiger partial charge in [0.25, 0.3) is 0 Å². The molecule has 17 heavy (non-hydrogen) atoms. The highest BCUT2D eigenvalue weighted by molar-refractivity contribution is 8.00. The molecule has 0 N–H and O–H groups in total. The van der Waals surface area contributed by atoms with E-state index in [0.717, 1.165) is 18.6 Å². The van der Waals surface area contributed by atoms with Crippen molar-refractivity contribution in [3.05, 3.63) is 0 Å². The summed E-state index contributed by atoms with van der Waals surface area (Å²) in [6.45, 7) is 4.83. The van der Waals surface area contributed by atoms with Crippen molar-refractivity contribution in [3.63, 3.8) is 0 Å². The van der Waals surface area contributed by atoms with Crippen molar-refractivity contribution >= 4 is 23.6 Å². The summed E-state index contributed by atoms with van der Waals surface area (Å²) < 4.78 is 0. The quantitative estimate of drug-likeness (QED) is 0.495. The number of carbonyl (C=O) groups excluding carboxylic acids is 2. The van der Waals surface area contributed by atoms with Crippen molar-refractivity contribution in [2.75, 3.05) is 12.3 Å².